The summed E-state index contributed by atoms with van der Waals surface area (Å²) in [5.41, 5.74) is 5.29. The van der Waals surface area contributed by atoms with Crippen LogP contribution in [0.2, 0.25) is 0 Å². The Balaban J connectivity index is 1.26. The first kappa shape index (κ1) is 20.2. The molecule has 0 aromatic heterocycles. The van der Waals surface area contributed by atoms with E-state index in [0.29, 0.717) is 5.56 Å². The summed E-state index contributed by atoms with van der Waals surface area (Å²) in [6.45, 7) is 1.05. The third-order valence-corrected chi connectivity index (χ3v) is 5.89. The van der Waals surface area contributed by atoms with Crippen LogP contribution >= 0.6 is 0 Å². The Morgan fingerprint density at radius 1 is 0.800 bits per heavy atom. The molecule has 0 atom stereocenters. The molecule has 0 unspecified atom stereocenters. The molecule has 0 amide bonds. The molecule has 0 spiro atoms. The highest BCUT2D eigenvalue weighted by molar-refractivity contribution is 5.89. The molecular weight excluding hydrogens is 370 g/mol. The van der Waals surface area contributed by atoms with Crippen LogP contribution in [0.15, 0.2) is 78.9 Å². The van der Waals surface area contributed by atoms with Gasteiger partial charge in [-0.2, -0.15) is 0 Å². The number of rotatable bonds is 7. The molecule has 0 bridgehead atoms. The minimum Gasteiger partial charge on any atom is -0.457 e. The monoisotopic (exact) mass is 399 g/mol. The molecule has 0 aliphatic heterocycles. The van der Waals surface area contributed by atoms with Crippen molar-refractivity contribution in [2.75, 3.05) is 5.32 Å². The van der Waals surface area contributed by atoms with Crippen molar-refractivity contribution in [1.29, 1.82) is 0 Å². The van der Waals surface area contributed by atoms with Crippen LogP contribution in [-0.2, 0) is 17.9 Å². The van der Waals surface area contributed by atoms with E-state index >= 15 is 0 Å². The minimum atomic E-state index is -0.302. The van der Waals surface area contributed by atoms with Crippen molar-refractivity contribution >= 4 is 11.7 Å². The highest BCUT2D eigenvalue weighted by Gasteiger charge is 2.15. The molecule has 3 nitrogen and oxygen atoms in total. The molecule has 3 aromatic carbocycles. The van der Waals surface area contributed by atoms with Gasteiger partial charge in [-0.1, -0.05) is 73.9 Å². The molecule has 0 radical (unpaired) electrons. The second-order valence-corrected chi connectivity index (χ2v) is 8.07. The lowest BCUT2D eigenvalue weighted by Gasteiger charge is -2.22. The van der Waals surface area contributed by atoms with Crippen LogP contribution in [0.1, 0.15) is 65.1 Å². The number of esters is 1. The number of ether oxygens (including phenoxy) is 1. The van der Waals surface area contributed by atoms with Gasteiger partial charge in [0.05, 0.1) is 5.56 Å². The third-order valence-electron chi connectivity index (χ3n) is 5.89. The quantitative estimate of drug-likeness (QED) is 0.449. The molecule has 30 heavy (non-hydrogen) atoms. The fourth-order valence-corrected chi connectivity index (χ4v) is 4.08. The van der Waals surface area contributed by atoms with E-state index in [4.69, 9.17) is 4.74 Å². The van der Waals surface area contributed by atoms with Crippen molar-refractivity contribution in [3.8, 4) is 0 Å². The lowest BCUT2D eigenvalue weighted by Crippen LogP contribution is -2.06. The Kier molecular flexibility index (Phi) is 6.81. The Morgan fingerprint density at radius 3 is 2.20 bits per heavy atom. The minimum absolute atomic E-state index is 0.288. The average Bonchev–Trinajstić information content (AvgIpc) is 2.83. The third kappa shape index (κ3) is 5.50. The van der Waals surface area contributed by atoms with Crippen LogP contribution in [0.5, 0.6) is 0 Å². The van der Waals surface area contributed by atoms with Crippen LogP contribution in [0.4, 0.5) is 5.69 Å². The van der Waals surface area contributed by atoms with E-state index in [-0.39, 0.29) is 12.6 Å². The van der Waals surface area contributed by atoms with Gasteiger partial charge in [0.2, 0.25) is 0 Å². The molecule has 1 N–H and O–H groups in total. The molecule has 1 aliphatic rings. The number of hydrogen-bond donors (Lipinski definition) is 1. The zero-order valence-corrected chi connectivity index (χ0v) is 17.3. The molecule has 4 rings (SSSR count). The lowest BCUT2D eigenvalue weighted by atomic mass is 9.84. The van der Waals surface area contributed by atoms with Crippen LogP contribution in [0, 0.1) is 0 Å². The summed E-state index contributed by atoms with van der Waals surface area (Å²) >= 11 is 0. The molecule has 154 valence electrons. The predicted molar refractivity (Wildman–Crippen MR) is 122 cm³/mol. The van der Waals surface area contributed by atoms with Gasteiger partial charge in [0, 0.05) is 12.2 Å². The summed E-state index contributed by atoms with van der Waals surface area (Å²) in [4.78, 5) is 12.2. The highest BCUT2D eigenvalue weighted by atomic mass is 16.5. The molecule has 3 heteroatoms. The number of anilines is 1. The largest absolute Gasteiger partial charge is 0.457 e. The highest BCUT2D eigenvalue weighted by Crippen LogP contribution is 2.32. The summed E-state index contributed by atoms with van der Waals surface area (Å²) in [6, 6.07) is 26.2. The second-order valence-electron chi connectivity index (χ2n) is 8.07. The summed E-state index contributed by atoms with van der Waals surface area (Å²) in [6.07, 6.45) is 6.78. The zero-order valence-electron chi connectivity index (χ0n) is 17.3. The van der Waals surface area contributed by atoms with Crippen molar-refractivity contribution in [3.05, 3.63) is 101 Å². The van der Waals surface area contributed by atoms with Crippen molar-refractivity contribution in [1.82, 2.24) is 0 Å². The first-order valence-electron chi connectivity index (χ1n) is 10.9. The molecule has 1 saturated carbocycles. The SMILES string of the molecule is O=C(OCc1ccccc1)c1ccc(NCc2ccc(C3CCCCC3)cc2)cc1. The normalized spacial score (nSPS) is 14.3. The maximum Gasteiger partial charge on any atom is 0.338 e. The van der Waals surface area contributed by atoms with Gasteiger partial charge in [-0.15, -0.1) is 0 Å². The number of benzene rings is 3. The van der Waals surface area contributed by atoms with Crippen LogP contribution in [0.3, 0.4) is 0 Å². The molecule has 0 saturated heterocycles. The van der Waals surface area contributed by atoms with Gasteiger partial charge < -0.3 is 10.1 Å². The standard InChI is InChI=1S/C27H29NO2/c29-27(30-20-22-7-3-1-4-8-22)25-15-17-26(18-16-25)28-19-21-11-13-24(14-12-21)23-9-5-2-6-10-23/h1,3-4,7-8,11-18,23,28H,2,5-6,9-10,19-20H2. The summed E-state index contributed by atoms with van der Waals surface area (Å²) in [5.74, 6) is 0.443. The summed E-state index contributed by atoms with van der Waals surface area (Å²) in [7, 11) is 0. The molecule has 3 aromatic rings. The maximum absolute atomic E-state index is 12.2. The van der Waals surface area contributed by atoms with Crippen LogP contribution in [0.25, 0.3) is 0 Å². The van der Waals surface area contributed by atoms with Gasteiger partial charge in [0.1, 0.15) is 6.61 Å². The Morgan fingerprint density at radius 2 is 1.50 bits per heavy atom. The number of carbonyl (C=O) groups excluding carboxylic acids is 1. The second kappa shape index (κ2) is 10.1. The van der Waals surface area contributed by atoms with E-state index < -0.39 is 0 Å². The molecule has 1 aliphatic carbocycles. The van der Waals surface area contributed by atoms with Gasteiger partial charge >= 0.3 is 5.97 Å². The van der Waals surface area contributed by atoms with E-state index in [9.17, 15) is 4.79 Å². The van der Waals surface area contributed by atoms with E-state index in [2.05, 4.69) is 29.6 Å². The Labute approximate surface area is 179 Å². The Bertz CT molecular complexity index is 927. The van der Waals surface area contributed by atoms with Crippen LogP contribution in [-0.4, -0.2) is 5.97 Å². The van der Waals surface area contributed by atoms with Gasteiger partial charge in [-0.25, -0.2) is 4.79 Å². The fraction of sp³-hybridized carbons (Fsp3) is 0.296. The number of carbonyl (C=O) groups is 1. The van der Waals surface area contributed by atoms with Crippen molar-refractivity contribution in [2.24, 2.45) is 0 Å². The lowest BCUT2D eigenvalue weighted by molar-refractivity contribution is 0.0473. The average molecular weight is 400 g/mol. The van der Waals surface area contributed by atoms with Gasteiger partial charge in [0.25, 0.3) is 0 Å². The molecular formula is C27H29NO2. The van der Waals surface area contributed by atoms with Crippen molar-refractivity contribution < 1.29 is 9.53 Å². The van der Waals surface area contributed by atoms with E-state index in [1.807, 2.05) is 54.6 Å². The summed E-state index contributed by atoms with van der Waals surface area (Å²) < 4.78 is 5.39. The molecule has 1 fully saturated rings. The summed E-state index contributed by atoms with van der Waals surface area (Å²) in [5, 5.41) is 3.43. The fourth-order valence-electron chi connectivity index (χ4n) is 4.08. The van der Waals surface area contributed by atoms with Crippen LogP contribution < -0.4 is 5.32 Å². The van der Waals surface area contributed by atoms with Gasteiger partial charge in [-0.05, 0) is 59.7 Å². The van der Waals surface area contributed by atoms with Gasteiger partial charge in [-0.3, -0.25) is 0 Å². The number of nitrogens with one attached hydrogen (secondary N) is 1. The zero-order chi connectivity index (χ0) is 20.6. The van der Waals surface area contributed by atoms with E-state index in [1.165, 1.54) is 43.2 Å². The maximum atomic E-state index is 12.2. The first-order chi connectivity index (χ1) is 14.8. The number of hydrogen-bond acceptors (Lipinski definition) is 3. The predicted octanol–water partition coefficient (Wildman–Crippen LogP) is 6.70. The first-order valence-corrected chi connectivity index (χ1v) is 10.9. The van der Waals surface area contributed by atoms with E-state index in [1.54, 1.807) is 0 Å². The van der Waals surface area contributed by atoms with Crippen molar-refractivity contribution in [2.45, 2.75) is 51.2 Å². The van der Waals surface area contributed by atoms with E-state index in [0.717, 1.165) is 23.7 Å². The smallest absolute Gasteiger partial charge is 0.338 e. The van der Waals surface area contributed by atoms with Crippen molar-refractivity contribution in [3.63, 3.8) is 0 Å². The van der Waals surface area contributed by atoms with Gasteiger partial charge in [0.15, 0.2) is 0 Å². The molecule has 0 heterocycles. The Hall–Kier alpha value is -3.07. The topological polar surface area (TPSA) is 38.3 Å².